The Hall–Kier alpha value is -1.09. The highest BCUT2D eigenvalue weighted by atomic mass is 16.7. The molecule has 0 spiro atoms. The molecule has 16 nitrogen and oxygen atoms in total. The number of nitrogens with one attached hydrogen (secondary N) is 1. The molecule has 0 radical (unpaired) electrons. The maximum atomic E-state index is 11.8. The van der Waals surface area contributed by atoms with Crippen LogP contribution in [0.1, 0.15) is 13.8 Å². The molecular weight excluding hydrogens is 494 g/mol. The summed E-state index contributed by atoms with van der Waals surface area (Å²) in [6.45, 7) is 1.00. The number of carbonyl (C=O) groups excluding carboxylic acids is 1. The van der Waals surface area contributed by atoms with Gasteiger partial charge in [-0.1, -0.05) is 0 Å². The Kier molecular flexibility index (Phi) is 9.97. The van der Waals surface area contributed by atoms with Crippen LogP contribution in [0.25, 0.3) is 0 Å². The molecule has 15 atom stereocenters. The zero-order chi connectivity index (χ0) is 26.9. The van der Waals surface area contributed by atoms with E-state index in [4.69, 9.17) is 23.7 Å². The lowest BCUT2D eigenvalue weighted by Gasteiger charge is -2.49. The van der Waals surface area contributed by atoms with Crippen LogP contribution >= 0.6 is 0 Å². The minimum atomic E-state index is -1.85. The van der Waals surface area contributed by atoms with Gasteiger partial charge in [0.25, 0.3) is 0 Å². The van der Waals surface area contributed by atoms with Gasteiger partial charge in [-0.2, -0.15) is 0 Å². The highest BCUT2D eigenvalue weighted by Gasteiger charge is 2.54. The summed E-state index contributed by atoms with van der Waals surface area (Å²) in [5, 5.41) is 93.2. The van der Waals surface area contributed by atoms with Crippen molar-refractivity contribution in [3.05, 3.63) is 0 Å². The number of carbonyl (C=O) groups is 1. The Morgan fingerprint density at radius 2 is 1.25 bits per heavy atom. The summed E-state index contributed by atoms with van der Waals surface area (Å²) in [5.41, 5.74) is 0. The van der Waals surface area contributed by atoms with Gasteiger partial charge in [0, 0.05) is 6.92 Å². The summed E-state index contributed by atoms with van der Waals surface area (Å²) < 4.78 is 27.7. The summed E-state index contributed by atoms with van der Waals surface area (Å²) in [7, 11) is 0. The Bertz CT molecular complexity index is 729. The molecule has 0 unspecified atom stereocenters. The van der Waals surface area contributed by atoms with Gasteiger partial charge in [0.05, 0.1) is 19.3 Å². The Morgan fingerprint density at radius 3 is 1.81 bits per heavy atom. The molecule has 0 saturated carbocycles. The zero-order valence-corrected chi connectivity index (χ0v) is 19.5. The maximum Gasteiger partial charge on any atom is 0.217 e. The first-order chi connectivity index (χ1) is 16.9. The standard InChI is InChI=1S/C20H35NO15/c1-5-10(25)12(27)14(29)19(32-5)36-17-9(21-6(2)24)18(31)33-8(4-23)16(17)35-20-15(30)13(28)11(26)7(3-22)34-20/h5,7-20,22-23,25-31H,3-4H2,1-2H3,(H,21,24)/t5-,7+,8-,9+,10-,11+,12-,13-,14+,15+,16-,17-,18-,19+,20-/m1/s1. The largest absolute Gasteiger partial charge is 0.394 e. The SMILES string of the molecule is CC(=O)N[C@H]1[C@@H](O[C@@H]2O[C@H](C)[C@@H](O)[C@@H](O)[C@@H]2O)[C@H](O[C@H]2O[C@@H](CO)[C@H](O)[C@@H](O)[C@@H]2O)[C@@H](CO)O[C@H]1O. The third kappa shape index (κ3) is 5.97. The number of ether oxygens (including phenoxy) is 5. The molecule has 210 valence electrons. The fraction of sp³-hybridized carbons (Fsp3) is 0.950. The van der Waals surface area contributed by atoms with Crippen LogP contribution in [0.15, 0.2) is 0 Å². The molecule has 0 aromatic heterocycles. The predicted octanol–water partition coefficient (Wildman–Crippen LogP) is -6.40. The van der Waals surface area contributed by atoms with Gasteiger partial charge in [0.15, 0.2) is 18.9 Å². The van der Waals surface area contributed by atoms with Gasteiger partial charge < -0.3 is 75.0 Å². The second-order valence-corrected chi connectivity index (χ2v) is 9.05. The first-order valence-electron chi connectivity index (χ1n) is 11.4. The van der Waals surface area contributed by atoms with Gasteiger partial charge in [-0.25, -0.2) is 0 Å². The molecule has 10 N–H and O–H groups in total. The first-order valence-corrected chi connectivity index (χ1v) is 11.4. The van der Waals surface area contributed by atoms with Crippen molar-refractivity contribution < 1.29 is 74.4 Å². The molecule has 16 heteroatoms. The molecule has 0 aromatic carbocycles. The molecule has 0 aromatic rings. The summed E-state index contributed by atoms with van der Waals surface area (Å²) >= 11 is 0. The van der Waals surface area contributed by atoms with E-state index >= 15 is 0 Å². The van der Waals surface area contributed by atoms with Crippen LogP contribution in [-0.2, 0) is 28.5 Å². The summed E-state index contributed by atoms with van der Waals surface area (Å²) in [6, 6.07) is -1.41. The van der Waals surface area contributed by atoms with E-state index in [1.54, 1.807) is 0 Å². The number of aliphatic hydroxyl groups excluding tert-OH is 9. The van der Waals surface area contributed by atoms with E-state index in [1.807, 2.05) is 0 Å². The van der Waals surface area contributed by atoms with E-state index in [0.717, 1.165) is 6.92 Å². The van der Waals surface area contributed by atoms with E-state index in [1.165, 1.54) is 6.92 Å². The molecule has 36 heavy (non-hydrogen) atoms. The predicted molar refractivity (Wildman–Crippen MR) is 111 cm³/mol. The molecular formula is C20H35NO15. The van der Waals surface area contributed by atoms with Gasteiger partial charge in [0.2, 0.25) is 5.91 Å². The lowest BCUT2D eigenvalue weighted by molar-refractivity contribution is -0.370. The molecule has 0 aliphatic carbocycles. The number of amides is 1. The van der Waals surface area contributed by atoms with Crippen molar-refractivity contribution in [3.8, 4) is 0 Å². The highest BCUT2D eigenvalue weighted by molar-refractivity contribution is 5.73. The van der Waals surface area contributed by atoms with Crippen LogP contribution in [0.4, 0.5) is 0 Å². The average Bonchev–Trinajstić information content (AvgIpc) is 2.84. The van der Waals surface area contributed by atoms with Gasteiger partial charge in [0.1, 0.15) is 67.1 Å². The maximum absolute atomic E-state index is 11.8. The summed E-state index contributed by atoms with van der Waals surface area (Å²) in [5.74, 6) is -0.640. The minimum absolute atomic E-state index is 0.640. The Morgan fingerprint density at radius 1 is 0.722 bits per heavy atom. The van der Waals surface area contributed by atoms with Crippen molar-refractivity contribution in [2.24, 2.45) is 0 Å². The van der Waals surface area contributed by atoms with Crippen LogP contribution in [0.3, 0.4) is 0 Å². The quantitative estimate of drug-likeness (QED) is 0.147. The normalized spacial score (nSPS) is 50.0. The van der Waals surface area contributed by atoms with E-state index in [-0.39, 0.29) is 0 Å². The van der Waals surface area contributed by atoms with Crippen molar-refractivity contribution in [2.75, 3.05) is 13.2 Å². The van der Waals surface area contributed by atoms with E-state index in [9.17, 15) is 50.8 Å². The van der Waals surface area contributed by atoms with Crippen molar-refractivity contribution >= 4 is 5.91 Å². The summed E-state index contributed by atoms with van der Waals surface area (Å²) in [4.78, 5) is 11.8. The van der Waals surface area contributed by atoms with Gasteiger partial charge in [-0.15, -0.1) is 0 Å². The van der Waals surface area contributed by atoms with Crippen LogP contribution in [0.5, 0.6) is 0 Å². The van der Waals surface area contributed by atoms with Crippen molar-refractivity contribution in [2.45, 2.75) is 106 Å². The van der Waals surface area contributed by atoms with Gasteiger partial charge in [-0.05, 0) is 6.92 Å². The summed E-state index contributed by atoms with van der Waals surface area (Å²) in [6.07, 6.45) is -22.0. The topological polar surface area (TPSA) is 257 Å². The van der Waals surface area contributed by atoms with Crippen LogP contribution in [0, 0.1) is 0 Å². The first kappa shape index (κ1) is 29.5. The van der Waals surface area contributed by atoms with E-state index in [2.05, 4.69) is 5.32 Å². The zero-order valence-electron chi connectivity index (χ0n) is 19.5. The minimum Gasteiger partial charge on any atom is -0.394 e. The number of hydrogen-bond donors (Lipinski definition) is 10. The average molecular weight is 529 g/mol. The monoisotopic (exact) mass is 529 g/mol. The van der Waals surface area contributed by atoms with Crippen molar-refractivity contribution in [3.63, 3.8) is 0 Å². The van der Waals surface area contributed by atoms with Gasteiger partial charge in [-0.3, -0.25) is 4.79 Å². The lowest BCUT2D eigenvalue weighted by atomic mass is 9.94. The third-order valence-corrected chi connectivity index (χ3v) is 6.45. The fourth-order valence-electron chi connectivity index (χ4n) is 4.40. The number of rotatable bonds is 7. The van der Waals surface area contributed by atoms with Crippen LogP contribution < -0.4 is 5.32 Å². The van der Waals surface area contributed by atoms with Crippen LogP contribution in [0.2, 0.25) is 0 Å². The lowest BCUT2D eigenvalue weighted by Crippen LogP contribution is -2.69. The smallest absolute Gasteiger partial charge is 0.217 e. The highest BCUT2D eigenvalue weighted by Crippen LogP contribution is 2.32. The van der Waals surface area contributed by atoms with Gasteiger partial charge >= 0.3 is 0 Å². The second-order valence-electron chi connectivity index (χ2n) is 9.05. The molecule has 3 heterocycles. The second kappa shape index (κ2) is 12.2. The Labute approximate surface area is 205 Å². The van der Waals surface area contributed by atoms with Crippen molar-refractivity contribution in [1.29, 1.82) is 0 Å². The number of aliphatic hydroxyl groups is 9. The molecule has 0 bridgehead atoms. The van der Waals surface area contributed by atoms with E-state index in [0.29, 0.717) is 0 Å². The fourth-order valence-corrected chi connectivity index (χ4v) is 4.40. The molecule has 1 amide bonds. The molecule has 3 saturated heterocycles. The van der Waals surface area contributed by atoms with Crippen LogP contribution in [-0.4, -0.2) is 157 Å². The molecule has 3 rings (SSSR count). The molecule has 3 fully saturated rings. The Balaban J connectivity index is 1.92. The van der Waals surface area contributed by atoms with E-state index < -0.39 is 111 Å². The number of hydrogen-bond acceptors (Lipinski definition) is 15. The molecule has 3 aliphatic rings. The molecule has 3 aliphatic heterocycles. The third-order valence-electron chi connectivity index (χ3n) is 6.45. The van der Waals surface area contributed by atoms with Crippen molar-refractivity contribution in [1.82, 2.24) is 5.32 Å².